The normalized spacial score (nSPS) is 29.5. The van der Waals surface area contributed by atoms with Gasteiger partial charge in [-0.15, -0.1) is 0 Å². The van der Waals surface area contributed by atoms with Crippen LogP contribution in [-0.4, -0.2) is 42.5 Å². The number of rotatable bonds is 1. The van der Waals surface area contributed by atoms with E-state index in [0.717, 1.165) is 45.3 Å². The van der Waals surface area contributed by atoms with Crippen LogP contribution in [0.5, 0.6) is 0 Å². The molecular weight excluding hydrogens is 178 g/mol. The molecule has 2 aliphatic heterocycles. The van der Waals surface area contributed by atoms with Crippen LogP contribution in [0.3, 0.4) is 0 Å². The van der Waals surface area contributed by atoms with Gasteiger partial charge in [-0.05, 0) is 32.2 Å². The quantitative estimate of drug-likeness (QED) is 0.606. The van der Waals surface area contributed by atoms with Crippen molar-refractivity contribution in [3.8, 4) is 0 Å². The van der Waals surface area contributed by atoms with Gasteiger partial charge in [-0.1, -0.05) is 0 Å². The number of likely N-dealkylation sites (tertiary alicyclic amines) is 1. The van der Waals surface area contributed by atoms with Crippen molar-refractivity contribution in [3.05, 3.63) is 0 Å². The van der Waals surface area contributed by atoms with Crippen LogP contribution in [-0.2, 0) is 4.79 Å². The Morgan fingerprint density at radius 1 is 1.29 bits per heavy atom. The SMILES string of the molecule is NC1CCN(C(=O)[C@@H]2CCCN2)CC1. The molecule has 80 valence electrons. The summed E-state index contributed by atoms with van der Waals surface area (Å²) in [5.74, 6) is 0.286. The van der Waals surface area contributed by atoms with Crippen LogP contribution in [0, 0.1) is 0 Å². The third-order valence-corrected chi connectivity index (χ3v) is 3.21. The second-order valence-electron chi connectivity index (χ2n) is 4.31. The fraction of sp³-hybridized carbons (Fsp3) is 0.900. The van der Waals surface area contributed by atoms with Gasteiger partial charge < -0.3 is 16.0 Å². The minimum absolute atomic E-state index is 0.0873. The van der Waals surface area contributed by atoms with Crippen LogP contribution in [0.2, 0.25) is 0 Å². The average molecular weight is 197 g/mol. The van der Waals surface area contributed by atoms with E-state index in [4.69, 9.17) is 5.73 Å². The van der Waals surface area contributed by atoms with Gasteiger partial charge in [0.1, 0.15) is 0 Å². The summed E-state index contributed by atoms with van der Waals surface area (Å²) < 4.78 is 0. The van der Waals surface area contributed by atoms with Crippen molar-refractivity contribution in [2.75, 3.05) is 19.6 Å². The van der Waals surface area contributed by atoms with Crippen molar-refractivity contribution in [1.29, 1.82) is 0 Å². The largest absolute Gasteiger partial charge is 0.341 e. The van der Waals surface area contributed by atoms with Crippen LogP contribution < -0.4 is 11.1 Å². The van der Waals surface area contributed by atoms with E-state index in [9.17, 15) is 4.79 Å². The maximum absolute atomic E-state index is 11.9. The number of nitrogens with two attached hydrogens (primary N) is 1. The van der Waals surface area contributed by atoms with Crippen molar-refractivity contribution >= 4 is 5.91 Å². The first-order valence-corrected chi connectivity index (χ1v) is 5.55. The Morgan fingerprint density at radius 2 is 2.00 bits per heavy atom. The van der Waals surface area contributed by atoms with Crippen molar-refractivity contribution in [2.24, 2.45) is 5.73 Å². The van der Waals surface area contributed by atoms with E-state index in [-0.39, 0.29) is 11.9 Å². The van der Waals surface area contributed by atoms with Crippen molar-refractivity contribution in [3.63, 3.8) is 0 Å². The molecule has 1 atom stereocenters. The fourth-order valence-electron chi connectivity index (χ4n) is 2.24. The molecule has 14 heavy (non-hydrogen) atoms. The Balaban J connectivity index is 1.85. The number of piperidine rings is 1. The van der Waals surface area contributed by atoms with Gasteiger partial charge in [0.25, 0.3) is 0 Å². The minimum atomic E-state index is 0.0873. The highest BCUT2D eigenvalue weighted by Gasteiger charge is 2.28. The van der Waals surface area contributed by atoms with E-state index in [0.29, 0.717) is 6.04 Å². The molecule has 0 saturated carbocycles. The molecule has 0 spiro atoms. The number of carbonyl (C=O) groups excluding carboxylic acids is 1. The minimum Gasteiger partial charge on any atom is -0.341 e. The lowest BCUT2D eigenvalue weighted by atomic mass is 10.0. The lowest BCUT2D eigenvalue weighted by Gasteiger charge is -2.32. The molecule has 2 rings (SSSR count). The van der Waals surface area contributed by atoms with E-state index < -0.39 is 0 Å². The summed E-state index contributed by atoms with van der Waals surface area (Å²) in [6.45, 7) is 2.68. The first-order valence-electron chi connectivity index (χ1n) is 5.55. The molecule has 0 aliphatic carbocycles. The molecule has 0 aromatic rings. The molecule has 2 heterocycles. The Hall–Kier alpha value is -0.610. The number of nitrogens with one attached hydrogen (secondary N) is 1. The van der Waals surface area contributed by atoms with Crippen LogP contribution >= 0.6 is 0 Å². The standard InChI is InChI=1S/C10H19N3O/c11-8-3-6-13(7-4-8)10(14)9-2-1-5-12-9/h8-9,12H,1-7,11H2/t9-/m0/s1. The number of carbonyl (C=O) groups is 1. The zero-order valence-corrected chi connectivity index (χ0v) is 8.54. The topological polar surface area (TPSA) is 58.4 Å². The predicted octanol–water partition coefficient (Wildman–Crippen LogP) is -0.312. The first kappa shape index (κ1) is 9.93. The summed E-state index contributed by atoms with van der Waals surface area (Å²) in [4.78, 5) is 13.9. The summed E-state index contributed by atoms with van der Waals surface area (Å²) in [6, 6.07) is 0.389. The van der Waals surface area contributed by atoms with Crippen molar-refractivity contribution < 1.29 is 4.79 Å². The Bertz CT molecular complexity index is 205. The summed E-state index contributed by atoms with van der Waals surface area (Å²) in [7, 11) is 0. The highest BCUT2D eigenvalue weighted by atomic mass is 16.2. The van der Waals surface area contributed by atoms with Crippen molar-refractivity contribution in [2.45, 2.75) is 37.8 Å². The summed E-state index contributed by atoms with van der Waals surface area (Å²) in [6.07, 6.45) is 4.04. The molecule has 2 saturated heterocycles. The molecule has 0 radical (unpaired) electrons. The van der Waals surface area contributed by atoms with E-state index in [1.54, 1.807) is 0 Å². The average Bonchev–Trinajstić information content (AvgIpc) is 2.71. The first-order chi connectivity index (χ1) is 6.77. The van der Waals surface area contributed by atoms with Crippen molar-refractivity contribution in [1.82, 2.24) is 10.2 Å². The van der Waals surface area contributed by atoms with Gasteiger partial charge in [-0.25, -0.2) is 0 Å². The highest BCUT2D eigenvalue weighted by Crippen LogP contribution is 2.13. The predicted molar refractivity (Wildman–Crippen MR) is 54.8 cm³/mol. The number of hydrogen-bond donors (Lipinski definition) is 2. The zero-order valence-electron chi connectivity index (χ0n) is 8.54. The van der Waals surface area contributed by atoms with Crippen LogP contribution in [0.25, 0.3) is 0 Å². The van der Waals surface area contributed by atoms with E-state index >= 15 is 0 Å². The molecule has 1 amide bonds. The number of amides is 1. The maximum atomic E-state index is 11.9. The molecule has 3 N–H and O–H groups in total. The lowest BCUT2D eigenvalue weighted by Crippen LogP contribution is -2.49. The molecule has 4 heteroatoms. The molecule has 0 aromatic carbocycles. The van der Waals surface area contributed by atoms with Gasteiger partial charge in [0.05, 0.1) is 6.04 Å². The number of nitrogens with zero attached hydrogens (tertiary/aromatic N) is 1. The third kappa shape index (κ3) is 2.07. The van der Waals surface area contributed by atoms with Gasteiger partial charge in [-0.2, -0.15) is 0 Å². The molecule has 2 fully saturated rings. The molecule has 0 aromatic heterocycles. The molecule has 2 aliphatic rings. The Morgan fingerprint density at radius 3 is 2.57 bits per heavy atom. The van der Waals surface area contributed by atoms with Gasteiger partial charge in [0, 0.05) is 19.1 Å². The van der Waals surface area contributed by atoms with Crippen LogP contribution in [0.1, 0.15) is 25.7 Å². The molecule has 0 unspecified atom stereocenters. The Labute approximate surface area is 84.8 Å². The lowest BCUT2D eigenvalue weighted by molar-refractivity contribution is -0.134. The summed E-state index contributed by atoms with van der Waals surface area (Å²) in [5, 5.41) is 3.24. The fourth-order valence-corrected chi connectivity index (χ4v) is 2.24. The smallest absolute Gasteiger partial charge is 0.239 e. The van der Waals surface area contributed by atoms with E-state index in [2.05, 4.69) is 5.32 Å². The van der Waals surface area contributed by atoms with Crippen LogP contribution in [0.4, 0.5) is 0 Å². The zero-order chi connectivity index (χ0) is 9.97. The molecule has 0 bridgehead atoms. The summed E-state index contributed by atoms with van der Waals surface area (Å²) in [5.41, 5.74) is 5.80. The molecule has 4 nitrogen and oxygen atoms in total. The maximum Gasteiger partial charge on any atom is 0.239 e. The van der Waals surface area contributed by atoms with E-state index in [1.165, 1.54) is 0 Å². The van der Waals surface area contributed by atoms with E-state index in [1.807, 2.05) is 4.90 Å². The van der Waals surface area contributed by atoms with Crippen LogP contribution in [0.15, 0.2) is 0 Å². The van der Waals surface area contributed by atoms with Gasteiger partial charge in [0.2, 0.25) is 5.91 Å². The molecular formula is C10H19N3O. The second kappa shape index (κ2) is 4.28. The van der Waals surface area contributed by atoms with Gasteiger partial charge >= 0.3 is 0 Å². The van der Waals surface area contributed by atoms with Gasteiger partial charge in [-0.3, -0.25) is 4.79 Å². The Kier molecular flexibility index (Phi) is 3.03. The summed E-state index contributed by atoms with van der Waals surface area (Å²) >= 11 is 0. The highest BCUT2D eigenvalue weighted by molar-refractivity contribution is 5.82. The van der Waals surface area contributed by atoms with Gasteiger partial charge in [0.15, 0.2) is 0 Å². The second-order valence-corrected chi connectivity index (χ2v) is 4.31. The number of hydrogen-bond acceptors (Lipinski definition) is 3. The monoisotopic (exact) mass is 197 g/mol. The third-order valence-electron chi connectivity index (χ3n) is 3.21.